The van der Waals surface area contributed by atoms with Crippen LogP contribution < -0.4 is 9.47 Å². The van der Waals surface area contributed by atoms with Gasteiger partial charge >= 0.3 is 5.97 Å². The highest BCUT2D eigenvalue weighted by atomic mass is 19.1. The molecule has 0 bridgehead atoms. The van der Waals surface area contributed by atoms with E-state index in [9.17, 15) is 14.3 Å². The maximum Gasteiger partial charge on any atom is 0.303 e. The second-order valence-electron chi connectivity index (χ2n) is 10.6. The van der Waals surface area contributed by atoms with Gasteiger partial charge in [0.05, 0.1) is 19.7 Å². The average molecular weight is 502 g/mol. The molecule has 0 spiro atoms. The van der Waals surface area contributed by atoms with Crippen molar-refractivity contribution in [3.05, 3.63) is 82.9 Å². The third-order valence-electron chi connectivity index (χ3n) is 7.66. The van der Waals surface area contributed by atoms with Crippen LogP contribution in [-0.2, 0) is 17.8 Å². The second-order valence-corrected chi connectivity index (χ2v) is 10.6. The third-order valence-corrected chi connectivity index (χ3v) is 7.66. The highest BCUT2D eigenvalue weighted by Crippen LogP contribution is 2.47. The van der Waals surface area contributed by atoms with E-state index in [0.29, 0.717) is 23.7 Å². The van der Waals surface area contributed by atoms with E-state index in [1.54, 1.807) is 25.4 Å². The van der Waals surface area contributed by atoms with Crippen LogP contribution in [0.2, 0.25) is 0 Å². The van der Waals surface area contributed by atoms with Crippen LogP contribution in [0.1, 0.15) is 67.8 Å². The molecule has 192 valence electrons. The van der Waals surface area contributed by atoms with Crippen LogP contribution in [-0.4, -0.2) is 23.2 Å². The molecule has 0 saturated heterocycles. The summed E-state index contributed by atoms with van der Waals surface area (Å²) in [5.74, 6) is 0.125. The molecule has 2 aromatic carbocycles. The lowest BCUT2D eigenvalue weighted by Crippen LogP contribution is -2.10. The first-order valence-electron chi connectivity index (χ1n) is 12.8. The van der Waals surface area contributed by atoms with Gasteiger partial charge in [-0.15, -0.1) is 0 Å². The number of ether oxygens (including phenoxy) is 2. The number of fused-ring (bicyclic) bond motifs is 1. The molecule has 0 amide bonds. The Bertz CT molecular complexity index is 1380. The van der Waals surface area contributed by atoms with E-state index in [2.05, 4.69) is 31.0 Å². The van der Waals surface area contributed by atoms with Crippen LogP contribution in [0.5, 0.6) is 11.5 Å². The number of hydrogen-bond donors (Lipinski definition) is 1. The quantitative estimate of drug-likeness (QED) is 0.354. The van der Waals surface area contributed by atoms with Crippen LogP contribution in [0.25, 0.3) is 16.7 Å². The molecular weight excluding hydrogens is 469 g/mol. The zero-order valence-corrected chi connectivity index (χ0v) is 21.5. The Morgan fingerprint density at radius 1 is 1.11 bits per heavy atom. The first-order valence-corrected chi connectivity index (χ1v) is 12.8. The lowest BCUT2D eigenvalue weighted by molar-refractivity contribution is -0.137. The number of aromatic nitrogens is 1. The molecule has 2 aliphatic carbocycles. The summed E-state index contributed by atoms with van der Waals surface area (Å²) in [6, 6.07) is 12.8. The number of halogens is 1. The fraction of sp³-hybridized carbons (Fsp3) is 0.355. The summed E-state index contributed by atoms with van der Waals surface area (Å²) >= 11 is 0. The monoisotopic (exact) mass is 501 g/mol. The lowest BCUT2D eigenvalue weighted by atomic mass is 9.79. The zero-order chi connectivity index (χ0) is 26.2. The third kappa shape index (κ3) is 5.10. The van der Waals surface area contributed by atoms with Crippen LogP contribution in [0.3, 0.4) is 0 Å². The Hall–Kier alpha value is -3.67. The molecule has 5 nitrogen and oxygen atoms in total. The summed E-state index contributed by atoms with van der Waals surface area (Å²) in [5.41, 5.74) is 6.44. The van der Waals surface area contributed by atoms with E-state index in [4.69, 9.17) is 9.47 Å². The van der Waals surface area contributed by atoms with Gasteiger partial charge in [-0.1, -0.05) is 32.1 Å². The molecule has 1 aromatic heterocycles. The van der Waals surface area contributed by atoms with Gasteiger partial charge in [-0.2, -0.15) is 0 Å². The SMILES string of the molecule is COc1ccc(F)c(-c2ccc(COc3cnc4c(c3)[C@@H](CC(=O)O)CC4)cc2C2=CCCC2(C)C)c1. The minimum atomic E-state index is -0.798. The van der Waals surface area contributed by atoms with Crippen molar-refractivity contribution in [1.82, 2.24) is 4.98 Å². The summed E-state index contributed by atoms with van der Waals surface area (Å²) in [6.07, 6.45) is 7.70. The fourth-order valence-electron chi connectivity index (χ4n) is 5.63. The largest absolute Gasteiger partial charge is 0.497 e. The molecule has 2 aliphatic rings. The van der Waals surface area contributed by atoms with Gasteiger partial charge in [-0.3, -0.25) is 9.78 Å². The van der Waals surface area contributed by atoms with Crippen molar-refractivity contribution < 1.29 is 23.8 Å². The predicted octanol–water partition coefficient (Wildman–Crippen LogP) is 7.18. The highest BCUT2D eigenvalue weighted by molar-refractivity contribution is 5.85. The first-order chi connectivity index (χ1) is 17.7. The normalized spacial score (nSPS) is 17.8. The Morgan fingerprint density at radius 2 is 1.95 bits per heavy atom. The molecular formula is C31H32FNO4. The Morgan fingerprint density at radius 3 is 2.68 bits per heavy atom. The maximum absolute atomic E-state index is 15.0. The number of hydrogen-bond acceptors (Lipinski definition) is 4. The summed E-state index contributed by atoms with van der Waals surface area (Å²) < 4.78 is 26.5. The molecule has 0 aliphatic heterocycles. The van der Waals surface area contributed by atoms with E-state index in [1.165, 1.54) is 11.6 Å². The van der Waals surface area contributed by atoms with Gasteiger partial charge in [-0.05, 0) is 95.2 Å². The lowest BCUT2D eigenvalue weighted by Gasteiger charge is -2.25. The van der Waals surface area contributed by atoms with Crippen molar-refractivity contribution in [3.63, 3.8) is 0 Å². The van der Waals surface area contributed by atoms with Crippen molar-refractivity contribution >= 4 is 11.5 Å². The van der Waals surface area contributed by atoms with Crippen LogP contribution in [0.15, 0.2) is 54.7 Å². The fourth-order valence-corrected chi connectivity index (χ4v) is 5.63. The number of carboxylic acids is 1. The summed E-state index contributed by atoms with van der Waals surface area (Å²) in [4.78, 5) is 15.8. The van der Waals surface area contributed by atoms with E-state index < -0.39 is 5.97 Å². The van der Waals surface area contributed by atoms with E-state index >= 15 is 0 Å². The van der Waals surface area contributed by atoms with Gasteiger partial charge in [0.1, 0.15) is 23.9 Å². The molecule has 1 heterocycles. The summed E-state index contributed by atoms with van der Waals surface area (Å²) in [5, 5.41) is 9.24. The molecule has 1 N–H and O–H groups in total. The van der Waals surface area contributed by atoms with Crippen molar-refractivity contribution in [2.75, 3.05) is 7.11 Å². The first kappa shape index (κ1) is 25.0. The summed E-state index contributed by atoms with van der Waals surface area (Å²) in [7, 11) is 1.58. The number of aryl methyl sites for hydroxylation is 1. The van der Waals surface area contributed by atoms with E-state index in [-0.39, 0.29) is 23.6 Å². The number of allylic oxidation sites excluding steroid dienone is 2. The standard InChI is InChI=1S/C31H32FNO4/c1-31(2)12-4-5-27(31)25-13-19(6-9-23(25)26-15-21(36-3)8-10-28(26)32)18-37-22-16-24-20(14-30(34)35)7-11-29(24)33-17-22/h5-6,8-10,13,15-17,20H,4,7,11-12,14,18H2,1-3H3,(H,34,35)/t20-/m1/s1. The zero-order valence-electron chi connectivity index (χ0n) is 21.5. The van der Waals surface area contributed by atoms with Crippen LogP contribution in [0, 0.1) is 11.2 Å². The Labute approximate surface area is 217 Å². The minimum Gasteiger partial charge on any atom is -0.497 e. The number of rotatable bonds is 8. The number of carboxylic acid groups (broad SMARTS) is 1. The molecule has 0 unspecified atom stereocenters. The highest BCUT2D eigenvalue weighted by Gasteiger charge is 2.31. The van der Waals surface area contributed by atoms with Crippen molar-refractivity contribution in [2.24, 2.45) is 5.41 Å². The van der Waals surface area contributed by atoms with Crippen molar-refractivity contribution in [1.29, 1.82) is 0 Å². The smallest absolute Gasteiger partial charge is 0.303 e. The van der Waals surface area contributed by atoms with Gasteiger partial charge < -0.3 is 14.6 Å². The number of aliphatic carboxylic acids is 1. The molecule has 0 radical (unpaired) electrons. The predicted molar refractivity (Wildman–Crippen MR) is 141 cm³/mol. The Kier molecular flexibility index (Phi) is 6.76. The molecule has 37 heavy (non-hydrogen) atoms. The van der Waals surface area contributed by atoms with Crippen LogP contribution in [0.4, 0.5) is 4.39 Å². The number of carbonyl (C=O) groups is 1. The van der Waals surface area contributed by atoms with Gasteiger partial charge in [-0.25, -0.2) is 4.39 Å². The van der Waals surface area contributed by atoms with Gasteiger partial charge in [0.2, 0.25) is 0 Å². The van der Waals surface area contributed by atoms with Crippen molar-refractivity contribution in [3.8, 4) is 22.6 Å². The number of methoxy groups -OCH3 is 1. The Balaban J connectivity index is 1.46. The number of pyridine rings is 1. The topological polar surface area (TPSA) is 68.7 Å². The number of nitrogens with zero attached hydrogens (tertiary/aromatic N) is 1. The minimum absolute atomic E-state index is 0.0212. The molecule has 3 aromatic rings. The van der Waals surface area contributed by atoms with E-state index in [0.717, 1.165) is 53.6 Å². The summed E-state index contributed by atoms with van der Waals surface area (Å²) in [6.45, 7) is 4.78. The van der Waals surface area contributed by atoms with Gasteiger partial charge in [0.15, 0.2) is 0 Å². The molecule has 6 heteroatoms. The molecule has 5 rings (SSSR count). The maximum atomic E-state index is 15.0. The van der Waals surface area contributed by atoms with Gasteiger partial charge in [0, 0.05) is 11.3 Å². The number of benzene rings is 2. The molecule has 0 fully saturated rings. The van der Waals surface area contributed by atoms with Gasteiger partial charge in [0.25, 0.3) is 0 Å². The average Bonchev–Trinajstić information content (AvgIpc) is 3.44. The molecule has 0 saturated carbocycles. The molecule has 1 atom stereocenters. The van der Waals surface area contributed by atoms with E-state index in [1.807, 2.05) is 18.2 Å². The van der Waals surface area contributed by atoms with Crippen LogP contribution >= 0.6 is 0 Å². The second kappa shape index (κ2) is 10.0. The van der Waals surface area contributed by atoms with Crippen molar-refractivity contribution in [2.45, 2.75) is 58.5 Å².